The van der Waals surface area contributed by atoms with Crippen molar-refractivity contribution in [2.24, 2.45) is 16.8 Å². The van der Waals surface area contributed by atoms with Gasteiger partial charge in [0.25, 0.3) is 0 Å². The summed E-state index contributed by atoms with van der Waals surface area (Å²) in [4.78, 5) is 33.4. The summed E-state index contributed by atoms with van der Waals surface area (Å²) in [5.41, 5.74) is -0.469. The molecule has 2 aliphatic carbocycles. The molecule has 3 aliphatic rings. The van der Waals surface area contributed by atoms with Gasteiger partial charge in [0, 0.05) is 51.7 Å². The lowest BCUT2D eigenvalue weighted by atomic mass is 9.85. The number of ether oxygens (including phenoxy) is 1. The van der Waals surface area contributed by atoms with Gasteiger partial charge in [-0.25, -0.2) is 4.79 Å². The number of amides is 2. The van der Waals surface area contributed by atoms with Crippen molar-refractivity contribution in [1.29, 1.82) is 0 Å². The van der Waals surface area contributed by atoms with Crippen molar-refractivity contribution in [2.75, 3.05) is 39.8 Å². The third-order valence-corrected chi connectivity index (χ3v) is 6.61. The van der Waals surface area contributed by atoms with Crippen LogP contribution >= 0.6 is 24.0 Å². The zero-order valence-corrected chi connectivity index (χ0v) is 23.2. The van der Waals surface area contributed by atoms with E-state index in [0.717, 1.165) is 64.2 Å². The predicted molar refractivity (Wildman–Crippen MR) is 142 cm³/mol. The van der Waals surface area contributed by atoms with Crippen molar-refractivity contribution < 1.29 is 14.3 Å². The van der Waals surface area contributed by atoms with Crippen LogP contribution in [0.1, 0.15) is 72.1 Å². The maximum Gasteiger partial charge on any atom is 0.410 e. The van der Waals surface area contributed by atoms with Gasteiger partial charge in [0.2, 0.25) is 5.91 Å². The SMILES string of the molecule is CN=C(NCCCNC(=O)C1CCC1)N1CCC(N(CC2CC2)C(=O)OC(C)(C)C)CC1.I. The third kappa shape index (κ3) is 9.13. The third-order valence-electron chi connectivity index (χ3n) is 6.61. The Labute approximate surface area is 216 Å². The predicted octanol–water partition coefficient (Wildman–Crippen LogP) is 3.60. The van der Waals surface area contributed by atoms with Gasteiger partial charge in [0.05, 0.1) is 0 Å². The number of guanidine groups is 1. The van der Waals surface area contributed by atoms with Crippen LogP contribution in [0.4, 0.5) is 4.79 Å². The lowest BCUT2D eigenvalue weighted by Crippen LogP contribution is -2.52. The molecule has 0 aromatic heterocycles. The van der Waals surface area contributed by atoms with E-state index in [1.165, 1.54) is 19.3 Å². The van der Waals surface area contributed by atoms with Gasteiger partial charge >= 0.3 is 6.09 Å². The van der Waals surface area contributed by atoms with E-state index in [9.17, 15) is 9.59 Å². The van der Waals surface area contributed by atoms with E-state index in [-0.39, 0.29) is 47.9 Å². The molecule has 0 radical (unpaired) electrons. The summed E-state index contributed by atoms with van der Waals surface area (Å²) in [5.74, 6) is 2.00. The Morgan fingerprint density at radius 3 is 2.18 bits per heavy atom. The minimum atomic E-state index is -0.469. The van der Waals surface area contributed by atoms with Gasteiger partial charge in [-0.2, -0.15) is 0 Å². The van der Waals surface area contributed by atoms with Crippen molar-refractivity contribution in [3.05, 3.63) is 0 Å². The van der Waals surface area contributed by atoms with Gasteiger partial charge in [-0.3, -0.25) is 9.79 Å². The minimum Gasteiger partial charge on any atom is -0.444 e. The van der Waals surface area contributed by atoms with Crippen LogP contribution in [-0.4, -0.2) is 79.2 Å². The molecule has 1 saturated heterocycles. The van der Waals surface area contributed by atoms with Gasteiger partial charge in [-0.05, 0) is 71.6 Å². The second-order valence-electron chi connectivity index (χ2n) is 10.5. The molecule has 0 spiro atoms. The summed E-state index contributed by atoms with van der Waals surface area (Å²) in [5, 5.41) is 6.47. The van der Waals surface area contributed by atoms with Crippen molar-refractivity contribution >= 4 is 41.9 Å². The Balaban J connectivity index is 0.00000385. The van der Waals surface area contributed by atoms with Crippen molar-refractivity contribution in [3.8, 4) is 0 Å². The molecule has 2 amide bonds. The van der Waals surface area contributed by atoms with Gasteiger partial charge in [-0.15, -0.1) is 24.0 Å². The van der Waals surface area contributed by atoms with E-state index in [2.05, 4.69) is 20.5 Å². The fraction of sp³-hybridized carbons (Fsp3) is 0.875. The van der Waals surface area contributed by atoms with Gasteiger partial charge < -0.3 is 25.2 Å². The molecule has 1 aliphatic heterocycles. The van der Waals surface area contributed by atoms with Crippen LogP contribution in [0.2, 0.25) is 0 Å². The highest BCUT2D eigenvalue weighted by Gasteiger charge is 2.35. The van der Waals surface area contributed by atoms with E-state index < -0.39 is 5.60 Å². The van der Waals surface area contributed by atoms with Crippen LogP contribution in [0, 0.1) is 11.8 Å². The number of carbonyl (C=O) groups excluding carboxylic acids is 2. The standard InChI is InChI=1S/C24H43N5O3.HI/c1-24(2,3)32-23(31)29(17-18-9-10-18)20-11-15-28(16-12-20)22(25-4)27-14-6-13-26-21(30)19-7-5-8-19;/h18-20H,5-17H2,1-4H3,(H,25,27)(H,26,30);1H. The van der Waals surface area contributed by atoms with Crippen LogP contribution in [0.15, 0.2) is 4.99 Å². The van der Waals surface area contributed by atoms with E-state index in [4.69, 9.17) is 4.74 Å². The molecule has 0 aromatic carbocycles. The smallest absolute Gasteiger partial charge is 0.410 e. The van der Waals surface area contributed by atoms with Crippen LogP contribution in [-0.2, 0) is 9.53 Å². The molecule has 2 saturated carbocycles. The van der Waals surface area contributed by atoms with Crippen molar-refractivity contribution in [1.82, 2.24) is 20.4 Å². The molecule has 3 fully saturated rings. The molecule has 1 heterocycles. The van der Waals surface area contributed by atoms with E-state index >= 15 is 0 Å². The minimum absolute atomic E-state index is 0. The normalized spacial score (nSPS) is 19.9. The summed E-state index contributed by atoms with van der Waals surface area (Å²) in [6.07, 6.45) is 8.25. The van der Waals surface area contributed by atoms with Crippen LogP contribution in [0.3, 0.4) is 0 Å². The van der Waals surface area contributed by atoms with Crippen molar-refractivity contribution in [3.63, 3.8) is 0 Å². The molecule has 0 aromatic rings. The molecular weight excluding hydrogens is 533 g/mol. The fourth-order valence-corrected chi connectivity index (χ4v) is 4.31. The number of rotatable bonds is 8. The average Bonchev–Trinajstić information content (AvgIpc) is 3.51. The number of hydrogen-bond acceptors (Lipinski definition) is 4. The number of aliphatic imine (C=N–C) groups is 1. The molecule has 0 bridgehead atoms. The zero-order chi connectivity index (χ0) is 23.1. The Morgan fingerprint density at radius 2 is 1.67 bits per heavy atom. The first-order valence-electron chi connectivity index (χ1n) is 12.5. The topological polar surface area (TPSA) is 86.3 Å². The summed E-state index contributed by atoms with van der Waals surface area (Å²) in [6.45, 7) is 9.82. The second-order valence-corrected chi connectivity index (χ2v) is 10.5. The number of halogens is 1. The summed E-state index contributed by atoms with van der Waals surface area (Å²) < 4.78 is 5.70. The summed E-state index contributed by atoms with van der Waals surface area (Å²) in [7, 11) is 1.81. The molecule has 3 rings (SSSR count). The first-order valence-corrected chi connectivity index (χ1v) is 12.5. The molecular formula is C24H44IN5O3. The number of piperidine rings is 1. The Bertz CT molecular complexity index is 666. The largest absolute Gasteiger partial charge is 0.444 e. The monoisotopic (exact) mass is 577 g/mol. The molecule has 8 nitrogen and oxygen atoms in total. The maximum absolute atomic E-state index is 12.8. The van der Waals surface area contributed by atoms with E-state index in [1.807, 2.05) is 32.7 Å². The van der Waals surface area contributed by atoms with E-state index in [1.54, 1.807) is 0 Å². The highest BCUT2D eigenvalue weighted by Crippen LogP contribution is 2.32. The van der Waals surface area contributed by atoms with Crippen LogP contribution in [0.5, 0.6) is 0 Å². The molecule has 0 atom stereocenters. The van der Waals surface area contributed by atoms with E-state index in [0.29, 0.717) is 12.5 Å². The van der Waals surface area contributed by atoms with Gasteiger partial charge in [0.15, 0.2) is 5.96 Å². The Morgan fingerprint density at radius 1 is 1.03 bits per heavy atom. The summed E-state index contributed by atoms with van der Waals surface area (Å²) in [6, 6.07) is 0.224. The van der Waals surface area contributed by atoms with Gasteiger partial charge in [0.1, 0.15) is 5.60 Å². The van der Waals surface area contributed by atoms with Crippen LogP contribution < -0.4 is 10.6 Å². The number of hydrogen-bond donors (Lipinski definition) is 2. The molecule has 33 heavy (non-hydrogen) atoms. The van der Waals surface area contributed by atoms with Crippen molar-refractivity contribution in [2.45, 2.75) is 83.8 Å². The Hall–Kier alpha value is -1.26. The highest BCUT2D eigenvalue weighted by molar-refractivity contribution is 14.0. The fourth-order valence-electron chi connectivity index (χ4n) is 4.31. The first kappa shape index (κ1) is 28.0. The maximum atomic E-state index is 12.8. The first-order chi connectivity index (χ1) is 15.3. The zero-order valence-electron chi connectivity index (χ0n) is 20.9. The number of likely N-dealkylation sites (tertiary alicyclic amines) is 1. The average molecular weight is 578 g/mol. The lowest BCUT2D eigenvalue weighted by Gasteiger charge is -2.40. The molecule has 190 valence electrons. The molecule has 2 N–H and O–H groups in total. The second kappa shape index (κ2) is 13.0. The number of nitrogens with zero attached hydrogens (tertiary/aromatic N) is 3. The molecule has 9 heteroatoms. The lowest BCUT2D eigenvalue weighted by molar-refractivity contribution is -0.127. The van der Waals surface area contributed by atoms with Crippen LogP contribution in [0.25, 0.3) is 0 Å². The highest BCUT2D eigenvalue weighted by atomic mass is 127. The Kier molecular flexibility index (Phi) is 11.0. The van der Waals surface area contributed by atoms with Gasteiger partial charge in [-0.1, -0.05) is 6.42 Å². The quantitative estimate of drug-likeness (QED) is 0.199. The number of nitrogens with one attached hydrogen (secondary N) is 2. The number of carbonyl (C=O) groups is 2. The summed E-state index contributed by atoms with van der Waals surface area (Å²) >= 11 is 0. The molecule has 0 unspecified atom stereocenters.